The summed E-state index contributed by atoms with van der Waals surface area (Å²) >= 11 is 5.97. The predicted octanol–water partition coefficient (Wildman–Crippen LogP) is 2.66. The number of nitrogens with one attached hydrogen (secondary N) is 2. The van der Waals surface area contributed by atoms with Crippen LogP contribution >= 0.6 is 11.6 Å². The lowest BCUT2D eigenvalue weighted by molar-refractivity contribution is 0.0923. The fraction of sp³-hybridized carbons (Fsp3) is 0.533. The minimum Gasteiger partial charge on any atom is -0.349 e. The second kappa shape index (κ2) is 5.14. The fourth-order valence-corrected chi connectivity index (χ4v) is 3.45. The van der Waals surface area contributed by atoms with E-state index in [2.05, 4.69) is 10.6 Å². The van der Waals surface area contributed by atoms with E-state index in [-0.39, 0.29) is 5.91 Å². The van der Waals surface area contributed by atoms with Gasteiger partial charge in [-0.25, -0.2) is 0 Å². The van der Waals surface area contributed by atoms with Crippen molar-refractivity contribution in [3.63, 3.8) is 0 Å². The molecule has 0 saturated carbocycles. The van der Waals surface area contributed by atoms with E-state index in [1.807, 2.05) is 19.1 Å². The van der Waals surface area contributed by atoms with E-state index in [0.29, 0.717) is 28.7 Å². The molecule has 0 radical (unpaired) electrons. The van der Waals surface area contributed by atoms with Gasteiger partial charge in [0.1, 0.15) is 0 Å². The first kappa shape index (κ1) is 12.9. The normalized spacial score (nSPS) is 29.3. The highest BCUT2D eigenvalue weighted by Crippen LogP contribution is 2.27. The maximum absolute atomic E-state index is 12.3. The lowest BCUT2D eigenvalue weighted by atomic mass is 9.99. The summed E-state index contributed by atoms with van der Waals surface area (Å²) in [5, 5.41) is 7.36. The first-order chi connectivity index (χ1) is 9.11. The number of carbonyl (C=O) groups excluding carboxylic acids is 1. The second-order valence-electron chi connectivity index (χ2n) is 5.74. The SMILES string of the molecule is Cc1ccc(Cl)cc1C(=O)NC1CC2CCC(C1)N2. The Bertz CT molecular complexity index is 491. The van der Waals surface area contributed by atoms with Crippen molar-refractivity contribution in [1.29, 1.82) is 0 Å². The third-order valence-electron chi connectivity index (χ3n) is 4.25. The van der Waals surface area contributed by atoms with Crippen molar-refractivity contribution in [3.05, 3.63) is 34.3 Å². The van der Waals surface area contributed by atoms with Crippen LogP contribution in [0.2, 0.25) is 5.02 Å². The van der Waals surface area contributed by atoms with Gasteiger partial charge >= 0.3 is 0 Å². The zero-order valence-electron chi connectivity index (χ0n) is 11.1. The van der Waals surface area contributed by atoms with Gasteiger partial charge in [0.25, 0.3) is 5.91 Å². The van der Waals surface area contributed by atoms with E-state index in [1.54, 1.807) is 6.07 Å². The first-order valence-electron chi connectivity index (χ1n) is 6.95. The average molecular weight is 279 g/mol. The van der Waals surface area contributed by atoms with Crippen molar-refractivity contribution in [2.24, 2.45) is 0 Å². The Hall–Kier alpha value is -1.06. The molecule has 2 N–H and O–H groups in total. The standard InChI is InChI=1S/C15H19ClN2O/c1-9-2-3-10(16)6-14(9)15(19)18-13-7-11-4-5-12(8-13)17-11/h2-3,6,11-13,17H,4-5,7-8H2,1H3,(H,18,19). The molecule has 3 rings (SSSR count). The Morgan fingerprint density at radius 3 is 2.68 bits per heavy atom. The number of fused-ring (bicyclic) bond motifs is 2. The van der Waals surface area contributed by atoms with Gasteiger partial charge in [-0.05, 0) is 50.3 Å². The molecule has 2 fully saturated rings. The molecule has 2 heterocycles. The lowest BCUT2D eigenvalue weighted by Crippen LogP contribution is -2.48. The Morgan fingerprint density at radius 2 is 2.00 bits per heavy atom. The summed E-state index contributed by atoms with van der Waals surface area (Å²) in [7, 11) is 0. The van der Waals surface area contributed by atoms with Gasteiger partial charge in [-0.1, -0.05) is 17.7 Å². The van der Waals surface area contributed by atoms with Crippen LogP contribution in [-0.2, 0) is 0 Å². The highest BCUT2D eigenvalue weighted by atomic mass is 35.5. The molecule has 102 valence electrons. The lowest BCUT2D eigenvalue weighted by Gasteiger charge is -2.29. The number of carbonyl (C=O) groups is 1. The van der Waals surface area contributed by atoms with E-state index >= 15 is 0 Å². The molecule has 4 heteroatoms. The molecule has 2 aliphatic rings. The van der Waals surface area contributed by atoms with Crippen molar-refractivity contribution in [1.82, 2.24) is 10.6 Å². The quantitative estimate of drug-likeness (QED) is 0.873. The molecule has 0 aliphatic carbocycles. The predicted molar refractivity (Wildman–Crippen MR) is 76.6 cm³/mol. The van der Waals surface area contributed by atoms with Crippen LogP contribution in [0.1, 0.15) is 41.6 Å². The van der Waals surface area contributed by atoms with Crippen LogP contribution < -0.4 is 10.6 Å². The first-order valence-corrected chi connectivity index (χ1v) is 7.32. The van der Waals surface area contributed by atoms with E-state index in [0.717, 1.165) is 18.4 Å². The molecule has 2 saturated heterocycles. The van der Waals surface area contributed by atoms with E-state index in [4.69, 9.17) is 11.6 Å². The molecular formula is C15H19ClN2O. The van der Waals surface area contributed by atoms with E-state index < -0.39 is 0 Å². The van der Waals surface area contributed by atoms with Crippen LogP contribution in [0.15, 0.2) is 18.2 Å². The summed E-state index contributed by atoms with van der Waals surface area (Å²) in [5.74, 6) is 0.00583. The van der Waals surface area contributed by atoms with Gasteiger partial charge in [0, 0.05) is 28.7 Å². The van der Waals surface area contributed by atoms with Crippen LogP contribution in [0.25, 0.3) is 0 Å². The average Bonchev–Trinajstić information content (AvgIpc) is 2.71. The van der Waals surface area contributed by atoms with Crippen molar-refractivity contribution in [2.75, 3.05) is 0 Å². The summed E-state index contributed by atoms with van der Waals surface area (Å²) in [6.07, 6.45) is 4.57. The number of amides is 1. The minimum absolute atomic E-state index is 0.00583. The van der Waals surface area contributed by atoms with Gasteiger partial charge < -0.3 is 10.6 Å². The number of piperidine rings is 1. The highest BCUT2D eigenvalue weighted by molar-refractivity contribution is 6.31. The van der Waals surface area contributed by atoms with Gasteiger partial charge in [0.15, 0.2) is 0 Å². The van der Waals surface area contributed by atoms with Crippen LogP contribution in [0.5, 0.6) is 0 Å². The molecule has 2 bridgehead atoms. The van der Waals surface area contributed by atoms with Crippen LogP contribution in [0.3, 0.4) is 0 Å². The third-order valence-corrected chi connectivity index (χ3v) is 4.49. The monoisotopic (exact) mass is 278 g/mol. The molecular weight excluding hydrogens is 260 g/mol. The number of benzene rings is 1. The topological polar surface area (TPSA) is 41.1 Å². The van der Waals surface area contributed by atoms with Gasteiger partial charge in [0.2, 0.25) is 0 Å². The molecule has 1 aromatic rings. The Balaban J connectivity index is 1.69. The summed E-state index contributed by atoms with van der Waals surface area (Å²) in [6.45, 7) is 1.94. The maximum atomic E-state index is 12.3. The van der Waals surface area contributed by atoms with Crippen molar-refractivity contribution in [3.8, 4) is 0 Å². The second-order valence-corrected chi connectivity index (χ2v) is 6.18. The van der Waals surface area contributed by atoms with Crippen LogP contribution in [0.4, 0.5) is 0 Å². The third kappa shape index (κ3) is 2.77. The molecule has 0 spiro atoms. The molecule has 3 nitrogen and oxygen atoms in total. The van der Waals surface area contributed by atoms with Crippen molar-refractivity contribution in [2.45, 2.75) is 50.7 Å². The van der Waals surface area contributed by atoms with E-state index in [1.165, 1.54) is 12.8 Å². The maximum Gasteiger partial charge on any atom is 0.251 e. The van der Waals surface area contributed by atoms with Gasteiger partial charge in [0.05, 0.1) is 0 Å². The number of halogens is 1. The number of aryl methyl sites for hydroxylation is 1. The zero-order chi connectivity index (χ0) is 13.4. The molecule has 1 amide bonds. The van der Waals surface area contributed by atoms with Gasteiger partial charge in [-0.2, -0.15) is 0 Å². The minimum atomic E-state index is 0.00583. The molecule has 1 aromatic carbocycles. The summed E-state index contributed by atoms with van der Waals surface area (Å²) in [4.78, 5) is 12.3. The van der Waals surface area contributed by atoms with Crippen molar-refractivity contribution < 1.29 is 4.79 Å². The molecule has 2 unspecified atom stereocenters. The summed E-state index contributed by atoms with van der Waals surface area (Å²) in [5.41, 5.74) is 1.66. The van der Waals surface area contributed by atoms with Crippen molar-refractivity contribution >= 4 is 17.5 Å². The van der Waals surface area contributed by atoms with Crippen LogP contribution in [-0.4, -0.2) is 24.0 Å². The summed E-state index contributed by atoms with van der Waals surface area (Å²) < 4.78 is 0. The Labute approximate surface area is 118 Å². The summed E-state index contributed by atoms with van der Waals surface area (Å²) in [6, 6.07) is 6.93. The molecule has 0 aromatic heterocycles. The Morgan fingerprint density at radius 1 is 1.32 bits per heavy atom. The zero-order valence-corrected chi connectivity index (χ0v) is 11.8. The smallest absolute Gasteiger partial charge is 0.251 e. The van der Waals surface area contributed by atoms with Gasteiger partial charge in [-0.3, -0.25) is 4.79 Å². The fourth-order valence-electron chi connectivity index (χ4n) is 3.28. The Kier molecular flexibility index (Phi) is 3.50. The number of hydrogen-bond donors (Lipinski definition) is 2. The largest absolute Gasteiger partial charge is 0.349 e. The number of hydrogen-bond acceptors (Lipinski definition) is 2. The number of rotatable bonds is 2. The van der Waals surface area contributed by atoms with Crippen LogP contribution in [0, 0.1) is 6.92 Å². The van der Waals surface area contributed by atoms with Gasteiger partial charge in [-0.15, -0.1) is 0 Å². The van der Waals surface area contributed by atoms with E-state index in [9.17, 15) is 4.79 Å². The molecule has 2 atom stereocenters. The highest BCUT2D eigenvalue weighted by Gasteiger charge is 2.34. The molecule has 2 aliphatic heterocycles. The molecule has 19 heavy (non-hydrogen) atoms.